The molecule has 4 rings (SSSR count). The molecular formula is C27H32BrN3O3. The van der Waals surface area contributed by atoms with Crippen molar-refractivity contribution < 1.29 is 14.3 Å². The van der Waals surface area contributed by atoms with Crippen molar-refractivity contribution in [1.29, 1.82) is 0 Å². The summed E-state index contributed by atoms with van der Waals surface area (Å²) >= 11 is 3.52. The van der Waals surface area contributed by atoms with Crippen LogP contribution in [0.2, 0.25) is 0 Å². The highest BCUT2D eigenvalue weighted by molar-refractivity contribution is 9.10. The summed E-state index contributed by atoms with van der Waals surface area (Å²) < 4.78 is 8.33. The van der Waals surface area contributed by atoms with E-state index in [4.69, 9.17) is 4.74 Å². The molecule has 0 radical (unpaired) electrons. The maximum Gasteiger partial charge on any atom is 0.407 e. The molecule has 1 aromatic heterocycles. The molecule has 2 amide bonds. The molecule has 0 spiro atoms. The normalized spacial score (nSPS) is 14.9. The van der Waals surface area contributed by atoms with Crippen LogP contribution in [0, 0.1) is 0 Å². The minimum atomic E-state index is -0.514. The van der Waals surface area contributed by atoms with Crippen LogP contribution in [0.5, 0.6) is 0 Å². The molecule has 0 atom stereocenters. The number of carbonyl (C=O) groups is 2. The first kappa shape index (κ1) is 24.3. The predicted molar refractivity (Wildman–Crippen MR) is 138 cm³/mol. The maximum absolute atomic E-state index is 13.3. The summed E-state index contributed by atoms with van der Waals surface area (Å²) in [6.07, 6.45) is 3.37. The van der Waals surface area contributed by atoms with E-state index < -0.39 is 11.7 Å². The number of fused-ring (bicyclic) bond motifs is 1. The average molecular weight is 526 g/mol. The smallest absolute Gasteiger partial charge is 0.407 e. The van der Waals surface area contributed by atoms with Crippen LogP contribution in [-0.2, 0) is 18.3 Å². The summed E-state index contributed by atoms with van der Waals surface area (Å²) in [4.78, 5) is 27.2. The molecule has 1 fully saturated rings. The topological polar surface area (TPSA) is 63.6 Å². The van der Waals surface area contributed by atoms with Gasteiger partial charge in [0.25, 0.3) is 5.91 Å². The van der Waals surface area contributed by atoms with Crippen molar-refractivity contribution in [3.63, 3.8) is 0 Å². The lowest BCUT2D eigenvalue weighted by Crippen LogP contribution is -2.37. The summed E-state index contributed by atoms with van der Waals surface area (Å²) in [5.74, 6) is 0.496. The maximum atomic E-state index is 13.3. The molecule has 34 heavy (non-hydrogen) atoms. The molecule has 7 heteroatoms. The van der Waals surface area contributed by atoms with Crippen molar-refractivity contribution in [1.82, 2.24) is 14.8 Å². The van der Waals surface area contributed by atoms with Crippen molar-refractivity contribution >= 4 is 38.8 Å². The Labute approximate surface area is 209 Å². The second-order valence-corrected chi connectivity index (χ2v) is 10.9. The number of amides is 2. The third-order valence-corrected chi connectivity index (χ3v) is 6.72. The fourth-order valence-corrected chi connectivity index (χ4v) is 4.91. The van der Waals surface area contributed by atoms with Crippen LogP contribution in [0.25, 0.3) is 10.9 Å². The zero-order valence-corrected chi connectivity index (χ0v) is 21.8. The number of nitrogens with one attached hydrogen (secondary N) is 1. The van der Waals surface area contributed by atoms with Gasteiger partial charge in [0.2, 0.25) is 0 Å². The highest BCUT2D eigenvalue weighted by atomic mass is 79.9. The Kier molecular flexibility index (Phi) is 7.03. The van der Waals surface area contributed by atoms with Gasteiger partial charge in [-0.1, -0.05) is 46.3 Å². The molecule has 2 heterocycles. The number of aryl methyl sites for hydroxylation is 1. The number of likely N-dealkylation sites (tertiary alicyclic amines) is 1. The number of alkyl carbamates (subject to hydrolysis) is 1. The van der Waals surface area contributed by atoms with Gasteiger partial charge in [0.1, 0.15) is 5.60 Å². The van der Waals surface area contributed by atoms with Gasteiger partial charge in [-0.3, -0.25) is 4.79 Å². The van der Waals surface area contributed by atoms with E-state index in [0.717, 1.165) is 52.4 Å². The molecule has 1 N–H and O–H groups in total. The van der Waals surface area contributed by atoms with E-state index in [1.54, 1.807) is 0 Å². The molecule has 0 saturated carbocycles. The molecule has 180 valence electrons. The first-order valence-electron chi connectivity index (χ1n) is 11.7. The Morgan fingerprint density at radius 2 is 1.85 bits per heavy atom. The third kappa shape index (κ3) is 5.63. The monoisotopic (exact) mass is 525 g/mol. The zero-order valence-electron chi connectivity index (χ0n) is 20.2. The second kappa shape index (κ2) is 9.82. The number of benzene rings is 2. The van der Waals surface area contributed by atoms with Crippen LogP contribution < -0.4 is 5.32 Å². The van der Waals surface area contributed by atoms with Crippen molar-refractivity contribution in [3.8, 4) is 0 Å². The minimum absolute atomic E-state index is 0.0988. The Balaban J connectivity index is 1.37. The van der Waals surface area contributed by atoms with Gasteiger partial charge < -0.3 is 19.5 Å². The predicted octanol–water partition coefficient (Wildman–Crippen LogP) is 5.99. The molecule has 6 nitrogen and oxygen atoms in total. The van der Waals surface area contributed by atoms with Crippen molar-refractivity contribution in [2.24, 2.45) is 7.05 Å². The lowest BCUT2D eigenvalue weighted by atomic mass is 9.88. The minimum Gasteiger partial charge on any atom is -0.444 e. The zero-order chi connectivity index (χ0) is 24.5. The Morgan fingerprint density at radius 3 is 2.56 bits per heavy atom. The summed E-state index contributed by atoms with van der Waals surface area (Å²) in [5, 5.41) is 3.82. The van der Waals surface area contributed by atoms with Gasteiger partial charge in [-0.15, -0.1) is 0 Å². The molecule has 0 unspecified atom stereocenters. The molecule has 1 aliphatic heterocycles. The number of nitrogens with zero attached hydrogens (tertiary/aromatic N) is 2. The number of halogens is 1. The number of piperidine rings is 1. The average Bonchev–Trinajstić information content (AvgIpc) is 3.12. The first-order chi connectivity index (χ1) is 16.1. The molecule has 3 aromatic rings. The molecule has 0 bridgehead atoms. The number of hydrogen-bond acceptors (Lipinski definition) is 3. The van der Waals surface area contributed by atoms with E-state index in [9.17, 15) is 9.59 Å². The number of hydrogen-bond donors (Lipinski definition) is 1. The van der Waals surface area contributed by atoms with Crippen LogP contribution in [-0.4, -0.2) is 40.2 Å². The standard InChI is InChI=1S/C27H32BrN3O3/c1-27(2,3)34-26(33)29-16-18-6-5-7-20(14-18)19-10-12-31(13-11-19)25(32)23-17-30(4)24-15-21(28)8-9-22(23)24/h5-9,14-15,17,19H,10-13,16H2,1-4H3,(H,29,33). The number of ether oxygens (including phenoxy) is 1. The van der Waals surface area contributed by atoms with Crippen molar-refractivity contribution in [3.05, 3.63) is 69.8 Å². The largest absolute Gasteiger partial charge is 0.444 e. The number of carbonyl (C=O) groups excluding carboxylic acids is 2. The third-order valence-electron chi connectivity index (χ3n) is 6.22. The lowest BCUT2D eigenvalue weighted by Gasteiger charge is -2.32. The van der Waals surface area contributed by atoms with Crippen LogP contribution in [0.1, 0.15) is 61.0 Å². The van der Waals surface area contributed by atoms with Crippen LogP contribution in [0.15, 0.2) is 53.1 Å². The quantitative estimate of drug-likeness (QED) is 0.455. The lowest BCUT2D eigenvalue weighted by molar-refractivity contribution is 0.0523. The second-order valence-electron chi connectivity index (χ2n) is 9.98. The van der Waals surface area contributed by atoms with Gasteiger partial charge in [0.05, 0.1) is 5.56 Å². The van der Waals surface area contributed by atoms with Gasteiger partial charge in [-0.25, -0.2) is 4.79 Å². The van der Waals surface area contributed by atoms with Gasteiger partial charge in [-0.05, 0) is 62.8 Å². The number of aromatic nitrogens is 1. The van der Waals surface area contributed by atoms with Gasteiger partial charge in [-0.2, -0.15) is 0 Å². The Hall–Kier alpha value is -2.80. The SMILES string of the molecule is Cn1cc(C(=O)N2CCC(c3cccc(CNC(=O)OC(C)(C)C)c3)CC2)c2ccc(Br)cc21. The fourth-order valence-electron chi connectivity index (χ4n) is 4.56. The van der Waals surface area contributed by atoms with E-state index in [-0.39, 0.29) is 5.91 Å². The van der Waals surface area contributed by atoms with Gasteiger partial charge in [0.15, 0.2) is 0 Å². The number of rotatable bonds is 4. The molecule has 2 aromatic carbocycles. The highest BCUT2D eigenvalue weighted by Crippen LogP contribution is 2.31. The van der Waals surface area contributed by atoms with E-state index in [2.05, 4.69) is 33.4 Å². The van der Waals surface area contributed by atoms with E-state index in [1.165, 1.54) is 5.56 Å². The molecule has 1 aliphatic rings. The summed E-state index contributed by atoms with van der Waals surface area (Å²) in [6, 6.07) is 14.4. The summed E-state index contributed by atoms with van der Waals surface area (Å²) in [7, 11) is 1.97. The van der Waals surface area contributed by atoms with E-state index >= 15 is 0 Å². The van der Waals surface area contributed by atoms with E-state index in [1.807, 2.05) is 73.8 Å². The van der Waals surface area contributed by atoms with Gasteiger partial charge >= 0.3 is 6.09 Å². The highest BCUT2D eigenvalue weighted by Gasteiger charge is 2.26. The Morgan fingerprint density at radius 1 is 1.12 bits per heavy atom. The summed E-state index contributed by atoms with van der Waals surface area (Å²) in [6.45, 7) is 7.45. The first-order valence-corrected chi connectivity index (χ1v) is 12.5. The van der Waals surface area contributed by atoms with Crippen LogP contribution in [0.3, 0.4) is 0 Å². The summed E-state index contributed by atoms with van der Waals surface area (Å²) in [5.41, 5.74) is 3.60. The Bertz CT molecular complexity index is 1200. The van der Waals surface area contributed by atoms with Crippen LogP contribution in [0.4, 0.5) is 4.79 Å². The van der Waals surface area contributed by atoms with Crippen molar-refractivity contribution in [2.45, 2.75) is 51.7 Å². The molecular weight excluding hydrogens is 494 g/mol. The van der Waals surface area contributed by atoms with Gasteiger partial charge in [0, 0.05) is 48.3 Å². The molecule has 0 aliphatic carbocycles. The fraction of sp³-hybridized carbons (Fsp3) is 0.407. The van der Waals surface area contributed by atoms with E-state index in [0.29, 0.717) is 12.5 Å². The van der Waals surface area contributed by atoms with Crippen LogP contribution >= 0.6 is 15.9 Å². The van der Waals surface area contributed by atoms with Crippen molar-refractivity contribution in [2.75, 3.05) is 13.1 Å². The molecule has 1 saturated heterocycles.